The number of nitrogens with zero attached hydrogens (tertiary/aromatic N) is 3. The van der Waals surface area contributed by atoms with Crippen LogP contribution in [0.4, 0.5) is 0 Å². The maximum absolute atomic E-state index is 12.7. The number of ether oxygens (including phenoxy) is 1. The Morgan fingerprint density at radius 2 is 1.88 bits per heavy atom. The first-order valence-corrected chi connectivity index (χ1v) is 10.2. The highest BCUT2D eigenvalue weighted by atomic mass is 16.5. The number of hydrogen-bond acceptors (Lipinski definition) is 5. The van der Waals surface area contributed by atoms with Crippen molar-refractivity contribution in [1.82, 2.24) is 14.7 Å². The summed E-state index contributed by atoms with van der Waals surface area (Å²) in [6.45, 7) is 10.2. The lowest BCUT2D eigenvalue weighted by molar-refractivity contribution is -0.132. The van der Waals surface area contributed by atoms with E-state index in [1.807, 2.05) is 0 Å². The van der Waals surface area contributed by atoms with E-state index in [2.05, 4.69) is 21.6 Å². The molecular weight excluding hydrogens is 318 g/mol. The van der Waals surface area contributed by atoms with Gasteiger partial charge in [0.15, 0.2) is 0 Å². The zero-order chi connectivity index (χ0) is 17.6. The van der Waals surface area contributed by atoms with E-state index < -0.39 is 0 Å². The molecule has 3 fully saturated rings. The Hall–Kier alpha value is -0.690. The number of amides is 1. The van der Waals surface area contributed by atoms with Crippen molar-refractivity contribution in [2.24, 2.45) is 5.92 Å². The van der Waals surface area contributed by atoms with Crippen molar-refractivity contribution >= 4 is 5.91 Å². The van der Waals surface area contributed by atoms with Gasteiger partial charge in [-0.3, -0.25) is 9.69 Å². The summed E-state index contributed by atoms with van der Waals surface area (Å²) in [5.41, 5.74) is 0. The van der Waals surface area contributed by atoms with Crippen LogP contribution in [-0.4, -0.2) is 96.9 Å². The smallest absolute Gasteiger partial charge is 0.222 e. The minimum atomic E-state index is -0.379. The second kappa shape index (κ2) is 9.31. The molecule has 1 amide bonds. The third kappa shape index (κ3) is 5.16. The molecule has 25 heavy (non-hydrogen) atoms. The molecule has 6 heteroatoms. The molecule has 2 atom stereocenters. The van der Waals surface area contributed by atoms with Gasteiger partial charge in [0.2, 0.25) is 5.91 Å². The second-order valence-corrected chi connectivity index (χ2v) is 7.93. The number of rotatable bonds is 5. The summed E-state index contributed by atoms with van der Waals surface area (Å²) in [4.78, 5) is 19.6. The van der Waals surface area contributed by atoms with E-state index >= 15 is 0 Å². The van der Waals surface area contributed by atoms with Gasteiger partial charge < -0.3 is 19.6 Å². The van der Waals surface area contributed by atoms with Crippen LogP contribution in [0, 0.1) is 5.92 Å². The molecule has 0 aromatic heterocycles. The zero-order valence-corrected chi connectivity index (χ0v) is 15.7. The summed E-state index contributed by atoms with van der Waals surface area (Å²) in [5, 5.41) is 10.0. The summed E-state index contributed by atoms with van der Waals surface area (Å²) in [5.74, 6) is 0.893. The van der Waals surface area contributed by atoms with E-state index in [9.17, 15) is 9.90 Å². The van der Waals surface area contributed by atoms with E-state index in [0.29, 0.717) is 25.0 Å². The number of aliphatic hydroxyl groups excluding tert-OH is 1. The van der Waals surface area contributed by atoms with Crippen LogP contribution in [0.3, 0.4) is 0 Å². The molecule has 0 radical (unpaired) electrons. The van der Waals surface area contributed by atoms with Crippen molar-refractivity contribution in [1.29, 1.82) is 0 Å². The summed E-state index contributed by atoms with van der Waals surface area (Å²) >= 11 is 0. The van der Waals surface area contributed by atoms with Gasteiger partial charge in [-0.25, -0.2) is 0 Å². The van der Waals surface area contributed by atoms with E-state index in [4.69, 9.17) is 4.74 Å². The molecule has 3 saturated heterocycles. The van der Waals surface area contributed by atoms with Crippen molar-refractivity contribution in [3.63, 3.8) is 0 Å². The third-order valence-electron chi connectivity index (χ3n) is 6.08. The monoisotopic (exact) mass is 353 g/mol. The van der Waals surface area contributed by atoms with Crippen molar-refractivity contribution in [2.75, 3.05) is 59.0 Å². The molecule has 0 saturated carbocycles. The van der Waals surface area contributed by atoms with Gasteiger partial charge in [0.05, 0.1) is 25.4 Å². The molecule has 0 aliphatic carbocycles. The Kier molecular flexibility index (Phi) is 7.10. The number of carbonyl (C=O) groups is 1. The van der Waals surface area contributed by atoms with E-state index in [1.54, 1.807) is 0 Å². The summed E-state index contributed by atoms with van der Waals surface area (Å²) in [7, 11) is 0. The molecule has 1 N–H and O–H groups in total. The van der Waals surface area contributed by atoms with Gasteiger partial charge in [-0.2, -0.15) is 0 Å². The fraction of sp³-hybridized carbons (Fsp3) is 0.947. The second-order valence-electron chi connectivity index (χ2n) is 7.93. The lowest BCUT2D eigenvalue weighted by atomic mass is 9.93. The van der Waals surface area contributed by atoms with Crippen LogP contribution in [0.1, 0.15) is 39.0 Å². The van der Waals surface area contributed by atoms with Crippen LogP contribution in [-0.2, 0) is 9.53 Å². The molecule has 0 bridgehead atoms. The largest absolute Gasteiger partial charge is 0.389 e. The minimum absolute atomic E-state index is 0.109. The maximum Gasteiger partial charge on any atom is 0.222 e. The van der Waals surface area contributed by atoms with Gasteiger partial charge in [0.25, 0.3) is 0 Å². The first-order valence-electron chi connectivity index (χ1n) is 10.2. The molecular formula is C19H35N3O3. The molecule has 3 aliphatic rings. The van der Waals surface area contributed by atoms with Crippen LogP contribution >= 0.6 is 0 Å². The van der Waals surface area contributed by atoms with Gasteiger partial charge in [0.1, 0.15) is 0 Å². The topological polar surface area (TPSA) is 56.3 Å². The van der Waals surface area contributed by atoms with Crippen LogP contribution in [0.15, 0.2) is 0 Å². The lowest BCUT2D eigenvalue weighted by Crippen LogP contribution is -2.45. The number of hydrogen-bond donors (Lipinski definition) is 1. The highest BCUT2D eigenvalue weighted by Crippen LogP contribution is 2.22. The highest BCUT2D eigenvalue weighted by molar-refractivity contribution is 5.76. The van der Waals surface area contributed by atoms with Gasteiger partial charge in [-0.05, 0) is 51.2 Å². The van der Waals surface area contributed by atoms with Crippen LogP contribution in [0.25, 0.3) is 0 Å². The normalized spacial score (nSPS) is 30.6. The van der Waals surface area contributed by atoms with Gasteiger partial charge in [-0.1, -0.05) is 6.92 Å². The predicted octanol–water partition coefficient (Wildman–Crippen LogP) is 0.793. The quantitative estimate of drug-likeness (QED) is 0.792. The fourth-order valence-electron chi connectivity index (χ4n) is 4.51. The predicted molar refractivity (Wildman–Crippen MR) is 97.5 cm³/mol. The van der Waals surface area contributed by atoms with Crippen molar-refractivity contribution in [3.05, 3.63) is 0 Å². The van der Waals surface area contributed by atoms with Crippen LogP contribution in [0.2, 0.25) is 0 Å². The number of aliphatic hydroxyl groups is 1. The molecule has 0 aromatic carbocycles. The standard InChI is InChI=1S/C19H35N3O3/c1-2-6-20-9-4-16(5-10-20)13-19(24)22-8-3-7-21(11-12-22)17-14-25-15-18(17)23/h16-18,23H,2-15H2,1H3/t17-,18-/m0/s1. The summed E-state index contributed by atoms with van der Waals surface area (Å²) < 4.78 is 5.39. The third-order valence-corrected chi connectivity index (χ3v) is 6.08. The van der Waals surface area contributed by atoms with Gasteiger partial charge in [-0.15, -0.1) is 0 Å². The van der Waals surface area contributed by atoms with Gasteiger partial charge >= 0.3 is 0 Å². The van der Waals surface area contributed by atoms with E-state index in [1.165, 1.54) is 13.0 Å². The summed E-state index contributed by atoms with van der Waals surface area (Å²) in [6, 6.07) is 0.109. The van der Waals surface area contributed by atoms with Crippen LogP contribution < -0.4 is 0 Å². The molecule has 0 unspecified atom stereocenters. The number of piperidine rings is 1. The maximum atomic E-state index is 12.7. The van der Waals surface area contributed by atoms with Crippen molar-refractivity contribution < 1.29 is 14.6 Å². The number of likely N-dealkylation sites (tertiary alicyclic amines) is 1. The first-order chi connectivity index (χ1) is 12.2. The molecule has 0 aromatic rings. The first kappa shape index (κ1) is 19.1. The highest BCUT2D eigenvalue weighted by Gasteiger charge is 2.33. The molecule has 3 aliphatic heterocycles. The Bertz CT molecular complexity index is 426. The summed E-state index contributed by atoms with van der Waals surface area (Å²) in [6.07, 6.45) is 4.87. The lowest BCUT2D eigenvalue weighted by Gasteiger charge is -2.32. The average molecular weight is 354 g/mol. The Balaban J connectivity index is 1.42. The molecule has 3 rings (SSSR count). The number of carbonyl (C=O) groups excluding carboxylic acids is 1. The zero-order valence-electron chi connectivity index (χ0n) is 15.7. The molecule has 6 nitrogen and oxygen atoms in total. The van der Waals surface area contributed by atoms with Crippen molar-refractivity contribution in [2.45, 2.75) is 51.2 Å². The Morgan fingerprint density at radius 3 is 2.56 bits per heavy atom. The SMILES string of the molecule is CCCN1CCC(CC(=O)N2CCCN([C@H]3COC[C@@H]3O)CC2)CC1. The van der Waals surface area contributed by atoms with Crippen molar-refractivity contribution in [3.8, 4) is 0 Å². The fourth-order valence-corrected chi connectivity index (χ4v) is 4.51. The molecule has 144 valence electrons. The Labute approximate surface area is 152 Å². The minimum Gasteiger partial charge on any atom is -0.389 e. The van der Waals surface area contributed by atoms with Crippen LogP contribution in [0.5, 0.6) is 0 Å². The van der Waals surface area contributed by atoms with Gasteiger partial charge in [0, 0.05) is 32.6 Å². The average Bonchev–Trinajstić information content (AvgIpc) is 2.89. The molecule has 0 spiro atoms. The molecule has 3 heterocycles. The Morgan fingerprint density at radius 1 is 1.08 bits per heavy atom. The van der Waals surface area contributed by atoms with E-state index in [0.717, 1.165) is 65.0 Å². The van der Waals surface area contributed by atoms with E-state index in [-0.39, 0.29) is 12.1 Å².